The minimum Gasteiger partial charge on any atom is -0.481 e. The number of aliphatic hydroxyl groups excluding tert-OH is 1. The van der Waals surface area contributed by atoms with E-state index >= 15 is 0 Å². The van der Waals surface area contributed by atoms with E-state index in [1.165, 1.54) is 10.9 Å². The Morgan fingerprint density at radius 2 is 2.19 bits per heavy atom. The molecule has 0 bridgehead atoms. The Morgan fingerprint density at radius 3 is 2.81 bits per heavy atom. The topological polar surface area (TPSA) is 163 Å². The number of hydrogen-bond acceptors (Lipinski definition) is 10. The maximum absolute atomic E-state index is 11.8. The van der Waals surface area contributed by atoms with E-state index in [0.29, 0.717) is 0 Å². The van der Waals surface area contributed by atoms with Gasteiger partial charge in [0, 0.05) is 12.2 Å². The number of thiol groups is 1. The van der Waals surface area contributed by atoms with Crippen LogP contribution in [0.1, 0.15) is 25.4 Å². The van der Waals surface area contributed by atoms with E-state index in [2.05, 4.69) is 27.6 Å². The summed E-state index contributed by atoms with van der Waals surface area (Å²) in [5.74, 6) is -1.36. The molecule has 4 N–H and O–H groups in total. The van der Waals surface area contributed by atoms with Crippen LogP contribution in [0.15, 0.2) is 6.33 Å². The van der Waals surface area contributed by atoms with Crippen molar-refractivity contribution in [3.8, 4) is 0 Å². The Hall–Kier alpha value is -2.44. The Balaban J connectivity index is 2.14. The molecule has 1 aliphatic rings. The fourth-order valence-electron chi connectivity index (χ4n) is 2.94. The predicted octanol–water partition coefficient (Wildman–Crippen LogP) is -0.455. The number of carbonyl (C=O) groups excluding carboxylic acids is 1. The van der Waals surface area contributed by atoms with Gasteiger partial charge < -0.3 is 25.4 Å². The molecule has 1 aliphatic heterocycles. The number of nitrogens with two attached hydrogens (primary N) is 1. The number of aliphatic carboxylic acids is 1. The van der Waals surface area contributed by atoms with Gasteiger partial charge in [0.15, 0.2) is 29.3 Å². The Bertz CT molecular complexity index is 874. The number of ether oxygens (including phenoxy) is 2. The maximum Gasteiger partial charge on any atom is 0.311 e. The molecule has 146 valence electrons. The number of hydrogen-bond donors (Lipinski definition) is 4. The summed E-state index contributed by atoms with van der Waals surface area (Å²) < 4.78 is 12.6. The summed E-state index contributed by atoms with van der Waals surface area (Å²) in [7, 11) is 0. The van der Waals surface area contributed by atoms with Crippen LogP contribution in [-0.4, -0.2) is 65.7 Å². The van der Waals surface area contributed by atoms with E-state index in [-0.39, 0.29) is 35.0 Å². The number of nitrogens with zero attached hydrogens (tertiary/aromatic N) is 4. The lowest BCUT2D eigenvalue weighted by Gasteiger charge is -2.23. The largest absolute Gasteiger partial charge is 0.481 e. The van der Waals surface area contributed by atoms with Crippen LogP contribution in [0.3, 0.4) is 0 Å². The van der Waals surface area contributed by atoms with Gasteiger partial charge in [-0.2, -0.15) is 12.6 Å². The van der Waals surface area contributed by atoms with Crippen molar-refractivity contribution in [1.82, 2.24) is 19.5 Å². The Labute approximate surface area is 158 Å². The van der Waals surface area contributed by atoms with E-state index < -0.39 is 42.9 Å². The van der Waals surface area contributed by atoms with Gasteiger partial charge in [-0.25, -0.2) is 15.0 Å². The molecule has 2 aromatic rings. The van der Waals surface area contributed by atoms with E-state index in [1.54, 1.807) is 6.92 Å². The number of carboxylic acids is 1. The van der Waals surface area contributed by atoms with Gasteiger partial charge in [0.2, 0.25) is 0 Å². The zero-order valence-corrected chi connectivity index (χ0v) is 15.2. The first-order chi connectivity index (χ1) is 12.9. The highest BCUT2D eigenvalue weighted by molar-refractivity contribution is 7.80. The lowest BCUT2D eigenvalue weighted by molar-refractivity contribution is -0.158. The van der Waals surface area contributed by atoms with E-state index in [0.717, 1.165) is 0 Å². The van der Waals surface area contributed by atoms with E-state index in [9.17, 15) is 19.8 Å². The fraction of sp³-hybridized carbons (Fsp3) is 0.533. The lowest BCUT2D eigenvalue weighted by Crippen LogP contribution is -2.36. The molecular weight excluding hydrogens is 378 g/mol. The summed E-state index contributed by atoms with van der Waals surface area (Å²) in [5, 5.41) is 19.7. The number of esters is 1. The number of nitrogen functional groups attached to an aromatic ring is 1. The van der Waals surface area contributed by atoms with Crippen LogP contribution >= 0.6 is 12.6 Å². The third-order valence-corrected chi connectivity index (χ3v) is 4.55. The molecule has 0 aliphatic carbocycles. The zero-order chi connectivity index (χ0) is 19.7. The van der Waals surface area contributed by atoms with Crippen LogP contribution < -0.4 is 5.73 Å². The SMILES string of the molecule is CCC(=O)O[C@@H]1[C@H](O)[C@@H](CS)O[C@H]1n1c(CC(=O)O)nc2c(N)ncnc21. The minimum absolute atomic E-state index is 0.0665. The molecule has 0 amide bonds. The number of carboxylic acid groups (broad SMARTS) is 1. The van der Waals surface area contributed by atoms with Gasteiger partial charge in [-0.15, -0.1) is 0 Å². The number of aliphatic hydroxyl groups is 1. The van der Waals surface area contributed by atoms with Gasteiger partial charge in [-0.1, -0.05) is 6.92 Å². The molecule has 1 fully saturated rings. The number of aromatic nitrogens is 4. The number of imidazole rings is 1. The number of rotatable bonds is 6. The van der Waals surface area contributed by atoms with Crippen molar-refractivity contribution in [1.29, 1.82) is 0 Å². The first kappa shape index (κ1) is 19.3. The summed E-state index contributed by atoms with van der Waals surface area (Å²) in [5.41, 5.74) is 6.24. The molecule has 1 saturated heterocycles. The predicted molar refractivity (Wildman–Crippen MR) is 95.0 cm³/mol. The number of fused-ring (bicyclic) bond motifs is 1. The molecular formula is C15H19N5O6S. The molecule has 0 aromatic carbocycles. The van der Waals surface area contributed by atoms with Gasteiger partial charge >= 0.3 is 11.9 Å². The minimum atomic E-state index is -1.16. The zero-order valence-electron chi connectivity index (χ0n) is 14.3. The first-order valence-corrected chi connectivity index (χ1v) is 8.83. The van der Waals surface area contributed by atoms with Crippen molar-refractivity contribution in [3.05, 3.63) is 12.2 Å². The van der Waals surface area contributed by atoms with Gasteiger partial charge in [-0.3, -0.25) is 14.2 Å². The van der Waals surface area contributed by atoms with Crippen LogP contribution in [0, 0.1) is 0 Å². The first-order valence-electron chi connectivity index (χ1n) is 8.20. The summed E-state index contributed by atoms with van der Waals surface area (Å²) in [4.78, 5) is 35.3. The van der Waals surface area contributed by atoms with Crippen molar-refractivity contribution in [2.24, 2.45) is 0 Å². The summed E-state index contributed by atoms with van der Waals surface area (Å²) >= 11 is 4.15. The molecule has 2 aromatic heterocycles. The molecule has 3 heterocycles. The quantitative estimate of drug-likeness (QED) is 0.371. The van der Waals surface area contributed by atoms with Crippen molar-refractivity contribution in [2.45, 2.75) is 44.3 Å². The van der Waals surface area contributed by atoms with Crippen LogP contribution in [0.25, 0.3) is 11.2 Å². The highest BCUT2D eigenvalue weighted by atomic mass is 32.1. The molecule has 4 atom stereocenters. The van der Waals surface area contributed by atoms with Crippen molar-refractivity contribution in [3.63, 3.8) is 0 Å². The van der Waals surface area contributed by atoms with E-state index in [4.69, 9.17) is 15.2 Å². The summed E-state index contributed by atoms with van der Waals surface area (Å²) in [6, 6.07) is 0. The average Bonchev–Trinajstić information content (AvgIpc) is 3.13. The molecule has 3 rings (SSSR count). The molecule has 0 unspecified atom stereocenters. The molecule has 0 saturated carbocycles. The Kier molecular flexibility index (Phi) is 5.48. The summed E-state index contributed by atoms with van der Waals surface area (Å²) in [6.07, 6.45) is -3.17. The average molecular weight is 397 g/mol. The third kappa shape index (κ3) is 3.55. The van der Waals surface area contributed by atoms with Crippen molar-refractivity contribution in [2.75, 3.05) is 11.5 Å². The second-order valence-electron chi connectivity index (χ2n) is 5.95. The standard InChI is InChI=1S/C15H19N5O6S/c1-2-9(23)26-12-11(24)6(4-27)25-15(12)20-7(3-8(21)22)19-10-13(16)17-5-18-14(10)20/h5-6,11-12,15,24,27H,2-4H2,1H3,(H,21,22)(H2,16,17,18)/t6-,11-,12-,15-/m1/s1. The van der Waals surface area contributed by atoms with Crippen LogP contribution in [0.2, 0.25) is 0 Å². The number of anilines is 1. The maximum atomic E-state index is 11.8. The molecule has 0 spiro atoms. The van der Waals surface area contributed by atoms with Crippen molar-refractivity contribution >= 4 is 41.5 Å². The van der Waals surface area contributed by atoms with Crippen LogP contribution in [0.5, 0.6) is 0 Å². The molecule has 27 heavy (non-hydrogen) atoms. The van der Waals surface area contributed by atoms with Gasteiger partial charge in [0.25, 0.3) is 0 Å². The van der Waals surface area contributed by atoms with E-state index in [1.807, 2.05) is 0 Å². The normalized spacial score (nSPS) is 25.0. The molecule has 12 heteroatoms. The fourth-order valence-corrected chi connectivity index (χ4v) is 3.24. The number of carbonyl (C=O) groups is 2. The second-order valence-corrected chi connectivity index (χ2v) is 6.31. The van der Waals surface area contributed by atoms with Crippen molar-refractivity contribution < 1.29 is 29.3 Å². The van der Waals surface area contributed by atoms with Crippen LogP contribution in [0.4, 0.5) is 5.82 Å². The highest BCUT2D eigenvalue weighted by Gasteiger charge is 2.48. The molecule has 0 radical (unpaired) electrons. The van der Waals surface area contributed by atoms with Crippen LogP contribution in [-0.2, 0) is 25.5 Å². The van der Waals surface area contributed by atoms with Gasteiger partial charge in [0.05, 0.1) is 6.10 Å². The lowest BCUT2D eigenvalue weighted by atomic mass is 10.1. The smallest absolute Gasteiger partial charge is 0.311 e. The monoisotopic (exact) mass is 397 g/mol. The third-order valence-electron chi connectivity index (χ3n) is 4.19. The highest BCUT2D eigenvalue weighted by Crippen LogP contribution is 2.36. The Morgan fingerprint density at radius 1 is 1.44 bits per heavy atom. The van der Waals surface area contributed by atoms with Gasteiger partial charge in [0.1, 0.15) is 24.7 Å². The molecule has 11 nitrogen and oxygen atoms in total. The second kappa shape index (κ2) is 7.66. The van der Waals surface area contributed by atoms with Gasteiger partial charge in [-0.05, 0) is 0 Å². The summed E-state index contributed by atoms with van der Waals surface area (Å²) in [6.45, 7) is 1.62.